The number of anilines is 2. The molecule has 290 valence electrons. The lowest BCUT2D eigenvalue weighted by molar-refractivity contribution is 0.161. The Bertz CT molecular complexity index is 1260. The molecule has 3 heterocycles. The third-order valence-corrected chi connectivity index (χ3v) is 8.58. The summed E-state index contributed by atoms with van der Waals surface area (Å²) in [5, 5.41) is 0.170. The highest BCUT2D eigenvalue weighted by Crippen LogP contribution is 2.21. The van der Waals surface area contributed by atoms with Crippen LogP contribution in [-0.2, 0) is 24.8 Å². The Labute approximate surface area is 306 Å². The minimum absolute atomic E-state index is 0.0565. The number of nitrogens with zero attached hydrogens (tertiary/aromatic N) is 5. The smallest absolute Gasteiger partial charge is 0.234 e. The number of likely N-dealkylation sites (N-methyl/N-ethyl adjacent to an activating group) is 1. The van der Waals surface area contributed by atoms with Gasteiger partial charge in [0.2, 0.25) is 20.0 Å². The van der Waals surface area contributed by atoms with E-state index in [2.05, 4.69) is 41.0 Å². The molecule has 1 aliphatic rings. The van der Waals surface area contributed by atoms with E-state index in [1.165, 1.54) is 6.20 Å². The number of pyridine rings is 2. The summed E-state index contributed by atoms with van der Waals surface area (Å²) in [6, 6.07) is 3.43. The summed E-state index contributed by atoms with van der Waals surface area (Å²) in [7, 11) is 0.732. The van der Waals surface area contributed by atoms with Crippen molar-refractivity contribution in [2.75, 3.05) is 95.1 Å². The van der Waals surface area contributed by atoms with E-state index in [0.29, 0.717) is 24.5 Å². The second-order valence-corrected chi connectivity index (χ2v) is 14.0. The van der Waals surface area contributed by atoms with E-state index in [9.17, 15) is 16.8 Å². The average molecular weight is 757 g/mol. The van der Waals surface area contributed by atoms with Crippen LogP contribution < -0.4 is 9.44 Å². The quantitative estimate of drug-likeness (QED) is 0.245. The zero-order valence-electron chi connectivity index (χ0n) is 33.2. The summed E-state index contributed by atoms with van der Waals surface area (Å²) >= 11 is 5.91. The Morgan fingerprint density at radius 2 is 1.31 bits per heavy atom. The van der Waals surface area contributed by atoms with Crippen molar-refractivity contribution < 1.29 is 21.6 Å². The van der Waals surface area contributed by atoms with Crippen molar-refractivity contribution >= 4 is 43.0 Å². The summed E-state index contributed by atoms with van der Waals surface area (Å²) in [5.74, 6) is 0.134. The van der Waals surface area contributed by atoms with Gasteiger partial charge in [0.25, 0.3) is 0 Å². The van der Waals surface area contributed by atoms with E-state index in [-0.39, 0.29) is 16.7 Å². The number of nitrogens with one attached hydrogen (secondary N) is 2. The molecule has 0 amide bonds. The molecular weight excluding hydrogens is 686 g/mol. The third kappa shape index (κ3) is 30.5. The van der Waals surface area contributed by atoms with Gasteiger partial charge in [0.15, 0.2) is 5.15 Å². The zero-order chi connectivity index (χ0) is 39.1. The van der Waals surface area contributed by atoms with Gasteiger partial charge in [-0.15, -0.1) is 0 Å². The van der Waals surface area contributed by atoms with Gasteiger partial charge in [-0.1, -0.05) is 67.0 Å². The number of rotatable bonds is 11. The molecule has 2 aromatic rings. The lowest BCUT2D eigenvalue weighted by Gasteiger charge is -2.32. The number of aryl methyl sites for hydroxylation is 2. The zero-order valence-corrected chi connectivity index (χ0v) is 35.6. The van der Waals surface area contributed by atoms with E-state index >= 15 is 0 Å². The first kappa shape index (κ1) is 53.7. The molecule has 49 heavy (non-hydrogen) atoms. The maximum absolute atomic E-state index is 12.1. The molecule has 15 heteroatoms. The molecule has 2 N–H and O–H groups in total. The van der Waals surface area contributed by atoms with Gasteiger partial charge < -0.3 is 14.5 Å². The normalized spacial score (nSPS) is 12.6. The summed E-state index contributed by atoms with van der Waals surface area (Å²) in [6.07, 6.45) is 4.78. The lowest BCUT2D eigenvalue weighted by Crippen LogP contribution is -2.46. The SMILES string of the molecule is CC.CC.CC.CC.CCOC.Cc1cnc(Cl)c(NS(=O)(=O)CCN2CCN(C)CC2)c1.Cc1cncc(NS(=O)(=O)CCN(C)C)c1. The van der Waals surface area contributed by atoms with E-state index in [1.807, 2.05) is 95.2 Å². The molecular formula is C34H70ClN7O5S2. The Kier molecular flexibility index (Phi) is 36.3. The van der Waals surface area contributed by atoms with Crippen molar-refractivity contribution in [1.29, 1.82) is 0 Å². The number of hydrogen-bond acceptors (Lipinski definition) is 10. The van der Waals surface area contributed by atoms with Crippen molar-refractivity contribution in [2.45, 2.75) is 76.2 Å². The van der Waals surface area contributed by atoms with Crippen LogP contribution in [0.3, 0.4) is 0 Å². The first-order chi connectivity index (χ1) is 23.2. The molecule has 1 aliphatic heterocycles. The fraction of sp³-hybridized carbons (Fsp3) is 0.706. The number of ether oxygens (including phenoxy) is 1. The average Bonchev–Trinajstić information content (AvgIpc) is 3.09. The fourth-order valence-corrected chi connectivity index (χ4v) is 5.78. The number of methoxy groups -OCH3 is 1. The largest absolute Gasteiger partial charge is 0.385 e. The summed E-state index contributed by atoms with van der Waals surface area (Å²) < 4.78 is 57.1. The molecule has 3 rings (SSSR count). The van der Waals surface area contributed by atoms with Gasteiger partial charge in [0.1, 0.15) is 0 Å². The molecule has 1 saturated heterocycles. The minimum atomic E-state index is -3.42. The molecule has 0 radical (unpaired) electrons. The number of hydrogen-bond donors (Lipinski definition) is 2. The van der Waals surface area contributed by atoms with E-state index in [1.54, 1.807) is 31.6 Å². The van der Waals surface area contributed by atoms with Crippen LogP contribution in [0.2, 0.25) is 5.15 Å². The Hall–Kier alpha value is -2.07. The van der Waals surface area contributed by atoms with Crippen molar-refractivity contribution in [2.24, 2.45) is 0 Å². The lowest BCUT2D eigenvalue weighted by atomic mass is 10.3. The molecule has 0 saturated carbocycles. The van der Waals surface area contributed by atoms with E-state index in [0.717, 1.165) is 43.9 Å². The predicted molar refractivity (Wildman–Crippen MR) is 213 cm³/mol. The van der Waals surface area contributed by atoms with Crippen LogP contribution in [0.1, 0.15) is 73.4 Å². The van der Waals surface area contributed by atoms with Gasteiger partial charge in [-0.25, -0.2) is 21.8 Å². The van der Waals surface area contributed by atoms with E-state index in [4.69, 9.17) is 11.6 Å². The summed E-state index contributed by atoms with van der Waals surface area (Å²) in [6.45, 7) is 27.3. The molecule has 0 atom stereocenters. The van der Waals surface area contributed by atoms with Gasteiger partial charge in [-0.2, -0.15) is 0 Å². The highest BCUT2D eigenvalue weighted by atomic mass is 35.5. The van der Waals surface area contributed by atoms with Crippen LogP contribution in [0.5, 0.6) is 0 Å². The fourth-order valence-electron chi connectivity index (χ4n) is 3.31. The number of aromatic nitrogens is 2. The standard InChI is InChI=1S/C13H21ClN4O2S.C10H17N3O2S.C3H8O.4C2H6/c1-11-9-12(13(14)15-10-11)16-21(19,20)8-7-18-5-3-17(2)4-6-18;1-9-6-10(8-11-7-9)12-16(14,15)5-4-13(2)3;1-3-4-2;4*1-2/h9-10,16H,3-8H2,1-2H3;6-8,12H,4-5H2,1-3H3;3H2,1-2H3;4*1-2H3. The third-order valence-electron chi connectivity index (χ3n) is 5.76. The highest BCUT2D eigenvalue weighted by Gasteiger charge is 2.18. The van der Waals surface area contributed by atoms with Gasteiger partial charge in [-0.3, -0.25) is 19.3 Å². The Balaban J connectivity index is -0.000000320. The van der Waals surface area contributed by atoms with Gasteiger partial charge >= 0.3 is 0 Å². The Morgan fingerprint density at radius 3 is 1.78 bits per heavy atom. The monoisotopic (exact) mass is 755 g/mol. The van der Waals surface area contributed by atoms with E-state index < -0.39 is 20.0 Å². The second kappa shape index (κ2) is 33.1. The molecule has 2 aromatic heterocycles. The summed E-state index contributed by atoms with van der Waals surface area (Å²) in [5.41, 5.74) is 2.64. The van der Waals surface area contributed by atoms with Crippen molar-refractivity contribution in [1.82, 2.24) is 24.7 Å². The number of piperazine rings is 1. The first-order valence-corrected chi connectivity index (χ1v) is 20.9. The molecule has 0 unspecified atom stereocenters. The second-order valence-electron chi connectivity index (χ2n) is 9.97. The van der Waals surface area contributed by atoms with Gasteiger partial charge in [-0.05, 0) is 65.2 Å². The molecule has 0 aromatic carbocycles. The predicted octanol–water partition coefficient (Wildman–Crippen LogP) is 6.48. The van der Waals surface area contributed by atoms with Crippen LogP contribution in [0.15, 0.2) is 30.7 Å². The maximum Gasteiger partial charge on any atom is 0.234 e. The molecule has 1 fully saturated rings. The Morgan fingerprint density at radius 1 is 0.816 bits per heavy atom. The number of sulfonamides is 2. The van der Waals surface area contributed by atoms with Crippen molar-refractivity contribution in [3.05, 3.63) is 47.0 Å². The van der Waals surface area contributed by atoms with Crippen molar-refractivity contribution in [3.63, 3.8) is 0 Å². The van der Waals surface area contributed by atoms with Crippen LogP contribution in [-0.4, -0.2) is 127 Å². The van der Waals surface area contributed by atoms with Crippen LogP contribution in [0, 0.1) is 13.8 Å². The minimum Gasteiger partial charge on any atom is -0.385 e. The topological polar surface area (TPSA) is 137 Å². The number of halogens is 1. The van der Waals surface area contributed by atoms with Crippen LogP contribution in [0.25, 0.3) is 0 Å². The van der Waals surface area contributed by atoms with Crippen LogP contribution in [0.4, 0.5) is 11.4 Å². The van der Waals surface area contributed by atoms with Crippen LogP contribution >= 0.6 is 11.6 Å². The maximum atomic E-state index is 12.1. The molecule has 0 bridgehead atoms. The molecule has 12 nitrogen and oxygen atoms in total. The first-order valence-electron chi connectivity index (χ1n) is 17.3. The molecule has 0 aliphatic carbocycles. The molecule has 0 spiro atoms. The van der Waals surface area contributed by atoms with Gasteiger partial charge in [0.05, 0.1) is 29.1 Å². The van der Waals surface area contributed by atoms with Crippen molar-refractivity contribution in [3.8, 4) is 0 Å². The summed E-state index contributed by atoms with van der Waals surface area (Å²) in [4.78, 5) is 14.1. The highest BCUT2D eigenvalue weighted by molar-refractivity contribution is 7.93. The van der Waals surface area contributed by atoms with Gasteiger partial charge in [0, 0.05) is 65.4 Å².